The fourth-order valence-corrected chi connectivity index (χ4v) is 1.33. The van der Waals surface area contributed by atoms with Gasteiger partial charge in [0.1, 0.15) is 5.82 Å². The summed E-state index contributed by atoms with van der Waals surface area (Å²) in [4.78, 5) is 0.130. The van der Waals surface area contributed by atoms with Crippen molar-refractivity contribution >= 4 is 11.1 Å². The highest BCUT2D eigenvalue weighted by Crippen LogP contribution is 2.14. The van der Waals surface area contributed by atoms with Crippen LogP contribution in [0.4, 0.5) is 4.39 Å². The van der Waals surface area contributed by atoms with E-state index in [9.17, 15) is 8.60 Å². The van der Waals surface area contributed by atoms with Crippen LogP contribution in [0.25, 0.3) is 0 Å². The van der Waals surface area contributed by atoms with Gasteiger partial charge in [-0.25, -0.2) is 8.60 Å². The number of hydrogen-bond acceptors (Lipinski definition) is 1. The SMILES string of the molecule is Cc1c(F)cccc1S(=O)O. The maximum absolute atomic E-state index is 12.7. The van der Waals surface area contributed by atoms with Gasteiger partial charge in [-0.3, -0.25) is 0 Å². The molecule has 1 unspecified atom stereocenters. The van der Waals surface area contributed by atoms with Crippen LogP contribution in [0.3, 0.4) is 0 Å². The first-order chi connectivity index (χ1) is 5.13. The summed E-state index contributed by atoms with van der Waals surface area (Å²) in [5.74, 6) is -0.454. The molecule has 11 heavy (non-hydrogen) atoms. The van der Waals surface area contributed by atoms with Gasteiger partial charge in [0.05, 0.1) is 4.90 Å². The van der Waals surface area contributed by atoms with Gasteiger partial charge in [-0.1, -0.05) is 6.07 Å². The molecule has 1 aromatic rings. The highest BCUT2D eigenvalue weighted by molar-refractivity contribution is 7.79. The molecule has 0 spiro atoms. The van der Waals surface area contributed by atoms with Gasteiger partial charge >= 0.3 is 0 Å². The molecule has 2 nitrogen and oxygen atoms in total. The minimum Gasteiger partial charge on any atom is -0.302 e. The molecule has 0 aliphatic rings. The third-order valence-corrected chi connectivity index (χ3v) is 2.22. The van der Waals surface area contributed by atoms with Crippen molar-refractivity contribution in [1.82, 2.24) is 0 Å². The van der Waals surface area contributed by atoms with Gasteiger partial charge in [0, 0.05) is 5.56 Å². The van der Waals surface area contributed by atoms with Crippen LogP contribution in [-0.2, 0) is 11.1 Å². The van der Waals surface area contributed by atoms with Crippen LogP contribution >= 0.6 is 0 Å². The van der Waals surface area contributed by atoms with E-state index in [0.29, 0.717) is 0 Å². The van der Waals surface area contributed by atoms with E-state index in [4.69, 9.17) is 4.55 Å². The Labute approximate surface area is 66.3 Å². The first-order valence-electron chi connectivity index (χ1n) is 2.99. The summed E-state index contributed by atoms with van der Waals surface area (Å²) in [7, 11) is 0. The highest BCUT2D eigenvalue weighted by atomic mass is 32.2. The average Bonchev–Trinajstić information content (AvgIpc) is 1.94. The minimum absolute atomic E-state index is 0.130. The Bertz CT molecular complexity index is 298. The lowest BCUT2D eigenvalue weighted by atomic mass is 10.2. The van der Waals surface area contributed by atoms with Crippen LogP contribution in [-0.4, -0.2) is 8.76 Å². The van der Waals surface area contributed by atoms with Gasteiger partial charge in [-0.2, -0.15) is 0 Å². The maximum Gasteiger partial charge on any atom is 0.186 e. The summed E-state index contributed by atoms with van der Waals surface area (Å²) >= 11 is -2.09. The molecule has 1 atom stereocenters. The molecule has 0 amide bonds. The fourth-order valence-electron chi connectivity index (χ4n) is 0.777. The van der Waals surface area contributed by atoms with E-state index >= 15 is 0 Å². The molecule has 0 aliphatic heterocycles. The molecule has 60 valence electrons. The van der Waals surface area contributed by atoms with E-state index in [1.54, 1.807) is 0 Å². The molecule has 0 bridgehead atoms. The molecule has 0 radical (unpaired) electrons. The average molecular weight is 174 g/mol. The normalized spacial score (nSPS) is 13.0. The zero-order chi connectivity index (χ0) is 8.43. The lowest BCUT2D eigenvalue weighted by Crippen LogP contribution is -1.94. The van der Waals surface area contributed by atoms with Gasteiger partial charge < -0.3 is 4.55 Å². The van der Waals surface area contributed by atoms with Gasteiger partial charge in [0.15, 0.2) is 11.1 Å². The van der Waals surface area contributed by atoms with Crippen molar-refractivity contribution in [1.29, 1.82) is 0 Å². The monoisotopic (exact) mass is 174 g/mol. The van der Waals surface area contributed by atoms with Crippen molar-refractivity contribution in [3.8, 4) is 0 Å². The summed E-state index contributed by atoms with van der Waals surface area (Å²) in [6, 6.07) is 4.09. The second-order valence-electron chi connectivity index (χ2n) is 2.11. The van der Waals surface area contributed by atoms with Gasteiger partial charge in [0.25, 0.3) is 0 Å². The van der Waals surface area contributed by atoms with Crippen molar-refractivity contribution in [3.63, 3.8) is 0 Å². The Morgan fingerprint density at radius 3 is 2.64 bits per heavy atom. The molecular formula is C7H7FO2S. The second-order valence-corrected chi connectivity index (χ2v) is 3.05. The third-order valence-electron chi connectivity index (χ3n) is 1.41. The highest BCUT2D eigenvalue weighted by Gasteiger charge is 2.06. The Morgan fingerprint density at radius 1 is 1.55 bits per heavy atom. The molecular weight excluding hydrogens is 167 g/mol. The van der Waals surface area contributed by atoms with Crippen molar-refractivity contribution < 1.29 is 13.2 Å². The molecule has 4 heteroatoms. The molecule has 0 saturated heterocycles. The smallest absolute Gasteiger partial charge is 0.186 e. The Hall–Kier alpha value is -0.740. The van der Waals surface area contributed by atoms with Crippen LogP contribution in [0.5, 0.6) is 0 Å². The first-order valence-corrected chi connectivity index (χ1v) is 4.09. The van der Waals surface area contributed by atoms with Crippen LogP contribution in [0.15, 0.2) is 23.1 Å². The molecule has 0 aromatic heterocycles. The molecule has 0 aliphatic carbocycles. The predicted octanol–water partition coefficient (Wildman–Crippen LogP) is 1.71. The number of rotatable bonds is 1. The second kappa shape index (κ2) is 3.11. The standard InChI is InChI=1S/C7H7FO2S/c1-5-6(8)3-2-4-7(5)11(9)10/h2-4H,1H3,(H,9,10). The molecule has 1 rings (SSSR count). The van der Waals surface area contributed by atoms with Crippen LogP contribution < -0.4 is 0 Å². The van der Waals surface area contributed by atoms with E-state index in [0.717, 1.165) is 0 Å². The van der Waals surface area contributed by atoms with E-state index in [2.05, 4.69) is 0 Å². The summed E-state index contributed by atoms with van der Waals surface area (Å²) in [6.07, 6.45) is 0. The van der Waals surface area contributed by atoms with Crippen LogP contribution in [0.1, 0.15) is 5.56 Å². The lowest BCUT2D eigenvalue weighted by molar-refractivity contribution is 0.559. The molecule has 0 fully saturated rings. The summed E-state index contributed by atoms with van der Waals surface area (Å²) in [5, 5.41) is 0. The van der Waals surface area contributed by atoms with E-state index in [-0.39, 0.29) is 10.5 Å². The Balaban J connectivity index is 3.27. The topological polar surface area (TPSA) is 37.3 Å². The van der Waals surface area contributed by atoms with Crippen molar-refractivity contribution in [3.05, 3.63) is 29.6 Å². The zero-order valence-corrected chi connectivity index (χ0v) is 6.69. The molecule has 0 heterocycles. The Morgan fingerprint density at radius 2 is 2.18 bits per heavy atom. The first kappa shape index (κ1) is 8.36. The zero-order valence-electron chi connectivity index (χ0n) is 5.87. The summed E-state index contributed by atoms with van der Waals surface area (Å²) < 4.78 is 31.8. The van der Waals surface area contributed by atoms with E-state index in [1.165, 1.54) is 25.1 Å². The molecule has 1 aromatic carbocycles. The van der Waals surface area contributed by atoms with E-state index in [1.807, 2.05) is 0 Å². The third kappa shape index (κ3) is 1.64. The van der Waals surface area contributed by atoms with Crippen LogP contribution in [0, 0.1) is 12.7 Å². The molecule has 1 N–H and O–H groups in total. The van der Waals surface area contributed by atoms with Crippen molar-refractivity contribution in [2.75, 3.05) is 0 Å². The quantitative estimate of drug-likeness (QED) is 0.658. The number of hydrogen-bond donors (Lipinski definition) is 1. The maximum atomic E-state index is 12.7. The van der Waals surface area contributed by atoms with Crippen molar-refractivity contribution in [2.24, 2.45) is 0 Å². The lowest BCUT2D eigenvalue weighted by Gasteiger charge is -1.99. The van der Waals surface area contributed by atoms with Crippen LogP contribution in [0.2, 0.25) is 0 Å². The molecule has 0 saturated carbocycles. The largest absolute Gasteiger partial charge is 0.302 e. The van der Waals surface area contributed by atoms with Crippen molar-refractivity contribution in [2.45, 2.75) is 11.8 Å². The summed E-state index contributed by atoms with van der Waals surface area (Å²) in [6.45, 7) is 1.47. The minimum atomic E-state index is -2.09. The van der Waals surface area contributed by atoms with Gasteiger partial charge in [-0.15, -0.1) is 0 Å². The Kier molecular flexibility index (Phi) is 2.36. The summed E-state index contributed by atoms with van der Waals surface area (Å²) in [5.41, 5.74) is 0.230. The van der Waals surface area contributed by atoms with Gasteiger partial charge in [-0.05, 0) is 19.1 Å². The number of halogens is 1. The van der Waals surface area contributed by atoms with Gasteiger partial charge in [0.2, 0.25) is 0 Å². The predicted molar refractivity (Wildman–Crippen MR) is 40.2 cm³/mol. The fraction of sp³-hybridized carbons (Fsp3) is 0.143. The number of benzene rings is 1. The van der Waals surface area contributed by atoms with E-state index < -0.39 is 16.9 Å².